The van der Waals surface area contributed by atoms with Crippen molar-refractivity contribution in [3.05, 3.63) is 89.5 Å². The molecule has 0 N–H and O–H groups in total. The van der Waals surface area contributed by atoms with Crippen molar-refractivity contribution in [1.82, 2.24) is 0 Å². The fourth-order valence-corrected chi connectivity index (χ4v) is 5.00. The highest BCUT2D eigenvalue weighted by Gasteiger charge is 2.29. The van der Waals surface area contributed by atoms with Crippen molar-refractivity contribution in [2.75, 3.05) is 18.0 Å². The topological polar surface area (TPSA) is 72.9 Å². The number of aryl methyl sites for hydroxylation is 2. The minimum Gasteiger partial charge on any atom is -0.493 e. The van der Waals surface area contributed by atoms with Crippen LogP contribution in [0.4, 0.5) is 5.69 Å². The molecule has 3 rings (SSSR count). The Balaban J connectivity index is 1.92. The smallest absolute Gasteiger partial charge is 0.271 e. The van der Waals surface area contributed by atoms with Gasteiger partial charge >= 0.3 is 0 Å². The Hall–Kier alpha value is -3.58. The van der Waals surface area contributed by atoms with Gasteiger partial charge in [0.15, 0.2) is 11.5 Å². The van der Waals surface area contributed by atoms with Crippen LogP contribution >= 0.6 is 0 Å². The first-order chi connectivity index (χ1) is 17.6. The first-order valence-electron chi connectivity index (χ1n) is 12.4. The van der Waals surface area contributed by atoms with Gasteiger partial charge in [-0.1, -0.05) is 56.7 Å². The van der Waals surface area contributed by atoms with E-state index < -0.39 is 15.9 Å². The molecule has 7 heteroatoms. The highest BCUT2D eigenvalue weighted by atomic mass is 32.2. The number of sulfonamides is 1. The van der Waals surface area contributed by atoms with E-state index >= 15 is 0 Å². The maximum absolute atomic E-state index is 13.6. The average molecular weight is 522 g/mol. The lowest BCUT2D eigenvalue weighted by Crippen LogP contribution is -2.35. The Labute approximate surface area is 220 Å². The number of rotatable bonds is 11. The van der Waals surface area contributed by atoms with E-state index in [-0.39, 0.29) is 10.6 Å². The molecule has 0 atom stereocenters. The number of carbonyl (C=O) groups excluding carboxylic acids is 1. The standard InChI is InChI=1S/C30H35NO5S/c1-6-24-9-13-26(14-10-24)31(37(33,34)27-15-7-23(4)8-16-27)30(32)18-12-25-11-17-28(29(21-25)35-5)36-20-19-22(2)3/h7-18,21-22H,6,19-20H2,1-5H3/b18-12+. The minimum atomic E-state index is -4.14. The summed E-state index contributed by atoms with van der Waals surface area (Å²) in [7, 11) is -2.59. The Bertz CT molecular complexity index is 1330. The summed E-state index contributed by atoms with van der Waals surface area (Å²) in [6.45, 7) is 8.72. The molecule has 0 aliphatic rings. The second kappa shape index (κ2) is 12.6. The van der Waals surface area contributed by atoms with Crippen LogP contribution in [0.3, 0.4) is 0 Å². The van der Waals surface area contributed by atoms with Gasteiger partial charge in [0.05, 0.1) is 24.3 Å². The first-order valence-corrected chi connectivity index (χ1v) is 13.8. The molecule has 1 amide bonds. The summed E-state index contributed by atoms with van der Waals surface area (Å²) < 4.78 is 39.3. The van der Waals surface area contributed by atoms with Gasteiger partial charge in [0.2, 0.25) is 0 Å². The number of nitrogens with zero attached hydrogens (tertiary/aromatic N) is 1. The third-order valence-electron chi connectivity index (χ3n) is 5.90. The van der Waals surface area contributed by atoms with E-state index in [4.69, 9.17) is 9.47 Å². The number of amides is 1. The van der Waals surface area contributed by atoms with Crippen molar-refractivity contribution in [3.8, 4) is 11.5 Å². The summed E-state index contributed by atoms with van der Waals surface area (Å²) in [6.07, 6.45) is 4.55. The predicted octanol–water partition coefficient (Wildman–Crippen LogP) is 6.43. The molecule has 6 nitrogen and oxygen atoms in total. The lowest BCUT2D eigenvalue weighted by atomic mass is 10.1. The summed E-state index contributed by atoms with van der Waals surface area (Å²) in [5, 5.41) is 0. The second-order valence-corrected chi connectivity index (χ2v) is 11.0. The van der Waals surface area contributed by atoms with Crippen molar-refractivity contribution in [2.45, 2.75) is 45.4 Å². The number of benzene rings is 3. The molecule has 0 aliphatic heterocycles. The van der Waals surface area contributed by atoms with Crippen LogP contribution in [0.2, 0.25) is 0 Å². The fourth-order valence-electron chi connectivity index (χ4n) is 3.61. The minimum absolute atomic E-state index is 0.0454. The normalized spacial score (nSPS) is 11.6. The highest BCUT2D eigenvalue weighted by molar-refractivity contribution is 7.93. The zero-order valence-corrected chi connectivity index (χ0v) is 22.9. The van der Waals surface area contributed by atoms with Crippen LogP contribution in [-0.2, 0) is 21.2 Å². The highest BCUT2D eigenvalue weighted by Crippen LogP contribution is 2.30. The van der Waals surface area contributed by atoms with Gasteiger partial charge < -0.3 is 9.47 Å². The largest absolute Gasteiger partial charge is 0.493 e. The Morgan fingerprint density at radius 2 is 1.65 bits per heavy atom. The predicted molar refractivity (Wildman–Crippen MR) is 149 cm³/mol. The number of methoxy groups -OCH3 is 1. The molecule has 3 aromatic rings. The summed E-state index contributed by atoms with van der Waals surface area (Å²) >= 11 is 0. The molecule has 37 heavy (non-hydrogen) atoms. The van der Waals surface area contributed by atoms with E-state index in [1.165, 1.54) is 18.2 Å². The molecule has 0 aromatic heterocycles. The van der Waals surface area contributed by atoms with E-state index in [9.17, 15) is 13.2 Å². The molecule has 0 saturated carbocycles. The van der Waals surface area contributed by atoms with Crippen LogP contribution in [0.15, 0.2) is 77.7 Å². The molecule has 0 unspecified atom stereocenters. The maximum atomic E-state index is 13.6. The van der Waals surface area contributed by atoms with E-state index in [0.717, 1.165) is 28.3 Å². The molecule has 3 aromatic carbocycles. The molecular formula is C30H35NO5S. The van der Waals surface area contributed by atoms with Gasteiger partial charge in [-0.3, -0.25) is 4.79 Å². The summed E-state index contributed by atoms with van der Waals surface area (Å²) in [6, 6.07) is 18.7. The van der Waals surface area contributed by atoms with Crippen molar-refractivity contribution in [2.24, 2.45) is 5.92 Å². The van der Waals surface area contributed by atoms with Crippen LogP contribution in [0.1, 0.15) is 43.9 Å². The van der Waals surface area contributed by atoms with Gasteiger partial charge in [0.25, 0.3) is 15.9 Å². The van der Waals surface area contributed by atoms with Crippen LogP contribution in [-0.4, -0.2) is 28.0 Å². The lowest BCUT2D eigenvalue weighted by Gasteiger charge is -2.22. The molecule has 0 spiro atoms. The summed E-state index contributed by atoms with van der Waals surface area (Å²) in [5.74, 6) is 1.00. The van der Waals surface area contributed by atoms with E-state index in [1.54, 1.807) is 55.7 Å². The molecule has 0 heterocycles. The van der Waals surface area contributed by atoms with Crippen LogP contribution in [0.25, 0.3) is 6.08 Å². The van der Waals surface area contributed by atoms with Gasteiger partial charge in [0, 0.05) is 6.08 Å². The van der Waals surface area contributed by atoms with Gasteiger partial charge in [-0.05, 0) is 79.3 Å². The van der Waals surface area contributed by atoms with Gasteiger partial charge in [-0.15, -0.1) is 0 Å². The molecule has 0 fully saturated rings. The molecular weight excluding hydrogens is 486 g/mol. The average Bonchev–Trinajstić information content (AvgIpc) is 2.88. The van der Waals surface area contributed by atoms with Gasteiger partial charge in [-0.25, -0.2) is 8.42 Å². The SMILES string of the molecule is CCc1ccc(N(C(=O)/C=C/c2ccc(OCCC(C)C)c(OC)c2)S(=O)(=O)c2ccc(C)cc2)cc1. The van der Waals surface area contributed by atoms with Crippen LogP contribution < -0.4 is 13.8 Å². The fraction of sp³-hybridized carbons (Fsp3) is 0.300. The quantitative estimate of drug-likeness (QED) is 0.272. The lowest BCUT2D eigenvalue weighted by molar-refractivity contribution is -0.113. The van der Waals surface area contributed by atoms with E-state index in [2.05, 4.69) is 13.8 Å². The Kier molecular flexibility index (Phi) is 9.53. The first kappa shape index (κ1) is 28.0. The Morgan fingerprint density at radius 1 is 0.973 bits per heavy atom. The summed E-state index contributed by atoms with van der Waals surface area (Å²) in [4.78, 5) is 13.4. The van der Waals surface area contributed by atoms with Crippen molar-refractivity contribution in [3.63, 3.8) is 0 Å². The molecule has 0 saturated heterocycles. The van der Waals surface area contributed by atoms with Gasteiger partial charge in [-0.2, -0.15) is 4.31 Å². The second-order valence-electron chi connectivity index (χ2n) is 9.22. The number of hydrogen-bond donors (Lipinski definition) is 0. The molecule has 196 valence electrons. The zero-order valence-electron chi connectivity index (χ0n) is 22.1. The number of anilines is 1. The third-order valence-corrected chi connectivity index (χ3v) is 7.64. The van der Waals surface area contributed by atoms with Gasteiger partial charge in [0.1, 0.15) is 0 Å². The van der Waals surface area contributed by atoms with Crippen molar-refractivity contribution in [1.29, 1.82) is 0 Å². The monoisotopic (exact) mass is 521 g/mol. The van der Waals surface area contributed by atoms with Crippen molar-refractivity contribution < 1.29 is 22.7 Å². The van der Waals surface area contributed by atoms with E-state index in [1.807, 2.05) is 26.0 Å². The van der Waals surface area contributed by atoms with E-state index in [0.29, 0.717) is 29.6 Å². The molecule has 0 bridgehead atoms. The molecule has 0 radical (unpaired) electrons. The Morgan fingerprint density at radius 3 is 2.24 bits per heavy atom. The third kappa shape index (κ3) is 7.23. The summed E-state index contributed by atoms with van der Waals surface area (Å²) in [5.41, 5.74) is 2.92. The van der Waals surface area contributed by atoms with Crippen molar-refractivity contribution >= 4 is 27.7 Å². The number of carbonyl (C=O) groups is 1. The zero-order chi connectivity index (χ0) is 27.0. The van der Waals surface area contributed by atoms with Crippen LogP contribution in [0.5, 0.6) is 11.5 Å². The van der Waals surface area contributed by atoms with Crippen LogP contribution in [0, 0.1) is 12.8 Å². The maximum Gasteiger partial charge on any atom is 0.271 e. The molecule has 0 aliphatic carbocycles. The number of hydrogen-bond acceptors (Lipinski definition) is 5. The number of ether oxygens (including phenoxy) is 2.